The predicted molar refractivity (Wildman–Crippen MR) is 91.5 cm³/mol. The van der Waals surface area contributed by atoms with Crippen LogP contribution in [0.1, 0.15) is 40.0 Å². The Bertz CT molecular complexity index is 449. The van der Waals surface area contributed by atoms with Gasteiger partial charge in [0.05, 0.1) is 11.4 Å². The maximum absolute atomic E-state index is 5.41. The summed E-state index contributed by atoms with van der Waals surface area (Å²) < 4.78 is 0. The van der Waals surface area contributed by atoms with Crippen LogP contribution < -0.4 is 22.3 Å². The summed E-state index contributed by atoms with van der Waals surface area (Å²) in [6, 6.07) is 0. The molecule has 1 aliphatic carbocycles. The van der Waals surface area contributed by atoms with E-state index in [2.05, 4.69) is 41.8 Å². The molecule has 0 aliphatic heterocycles. The Balaban J connectivity index is 2.91. The van der Waals surface area contributed by atoms with E-state index in [1.807, 2.05) is 0 Å². The summed E-state index contributed by atoms with van der Waals surface area (Å²) in [5, 5.41) is 8.73. The number of rotatable bonds is 2. The molecule has 0 spiro atoms. The average Bonchev–Trinajstić information content (AvgIpc) is 2.32. The summed E-state index contributed by atoms with van der Waals surface area (Å²) in [6.07, 6.45) is 2.68. The van der Waals surface area contributed by atoms with Crippen molar-refractivity contribution < 1.29 is 0 Å². The Labute approximate surface area is 130 Å². The lowest BCUT2D eigenvalue weighted by Crippen LogP contribution is -2.36. The molecule has 1 aliphatic rings. The number of hydrazone groups is 2. The van der Waals surface area contributed by atoms with Crippen molar-refractivity contribution >= 4 is 46.1 Å². The van der Waals surface area contributed by atoms with E-state index in [0.717, 1.165) is 30.7 Å². The van der Waals surface area contributed by atoms with Gasteiger partial charge in [-0.2, -0.15) is 10.2 Å². The van der Waals surface area contributed by atoms with Gasteiger partial charge in [0.25, 0.3) is 0 Å². The van der Waals surface area contributed by atoms with Crippen LogP contribution in [-0.2, 0) is 0 Å². The molecule has 6 nitrogen and oxygen atoms in total. The van der Waals surface area contributed by atoms with Gasteiger partial charge in [0.1, 0.15) is 0 Å². The lowest BCUT2D eigenvalue weighted by molar-refractivity contribution is 0.232. The van der Waals surface area contributed by atoms with Crippen LogP contribution in [0.5, 0.6) is 0 Å². The highest BCUT2D eigenvalue weighted by Gasteiger charge is 2.31. The summed E-state index contributed by atoms with van der Waals surface area (Å²) in [4.78, 5) is 0. The zero-order valence-electron chi connectivity index (χ0n) is 12.1. The van der Waals surface area contributed by atoms with Crippen molar-refractivity contribution in [2.45, 2.75) is 40.0 Å². The largest absolute Gasteiger partial charge is 0.375 e. The standard InChI is InChI=1S/C12H22N6S2/c1-12(2,3)7-4-5-8(15-17-10(13)19)9(6-7)16-18-11(14)20/h7H,4-6H2,1-3H3,(H3,13,17,19)(H3,14,18,20)/b15-8+,16-9+. The lowest BCUT2D eigenvalue weighted by Gasteiger charge is -2.34. The van der Waals surface area contributed by atoms with E-state index in [1.54, 1.807) is 0 Å². The molecule has 0 amide bonds. The highest BCUT2D eigenvalue weighted by atomic mass is 32.1. The van der Waals surface area contributed by atoms with Crippen molar-refractivity contribution in [2.75, 3.05) is 0 Å². The molecule has 0 saturated heterocycles. The number of hydrogen-bond acceptors (Lipinski definition) is 4. The maximum atomic E-state index is 5.41. The van der Waals surface area contributed by atoms with Gasteiger partial charge in [-0.1, -0.05) is 20.8 Å². The van der Waals surface area contributed by atoms with Crippen molar-refractivity contribution in [3.05, 3.63) is 0 Å². The van der Waals surface area contributed by atoms with Crippen LogP contribution in [0.2, 0.25) is 0 Å². The number of hydrogen-bond donors (Lipinski definition) is 4. The lowest BCUT2D eigenvalue weighted by atomic mass is 9.71. The van der Waals surface area contributed by atoms with Crippen molar-refractivity contribution in [3.63, 3.8) is 0 Å². The third-order valence-electron chi connectivity index (χ3n) is 3.33. The van der Waals surface area contributed by atoms with Crippen LogP contribution in [0, 0.1) is 11.3 Å². The number of thiocarbonyl (C=S) groups is 2. The van der Waals surface area contributed by atoms with E-state index < -0.39 is 0 Å². The molecule has 0 heterocycles. The first-order chi connectivity index (χ1) is 9.20. The van der Waals surface area contributed by atoms with Gasteiger partial charge in [-0.25, -0.2) is 0 Å². The van der Waals surface area contributed by atoms with Crippen molar-refractivity contribution in [1.82, 2.24) is 10.9 Å². The first-order valence-corrected chi connectivity index (χ1v) is 7.26. The van der Waals surface area contributed by atoms with Crippen LogP contribution in [-0.4, -0.2) is 21.6 Å². The SMILES string of the molecule is CC(C)(C)C1CCC(=N\NC(N)=S)/C(=N/NC(N)=S)C1. The molecule has 1 saturated carbocycles. The Morgan fingerprint density at radius 1 is 1.10 bits per heavy atom. The predicted octanol–water partition coefficient (Wildman–Crippen LogP) is 1.21. The fourth-order valence-electron chi connectivity index (χ4n) is 2.12. The number of nitrogens with two attached hydrogens (primary N) is 2. The Hall–Kier alpha value is -1.28. The molecule has 0 bridgehead atoms. The molecule has 0 aromatic heterocycles. The monoisotopic (exact) mass is 314 g/mol. The van der Waals surface area contributed by atoms with E-state index >= 15 is 0 Å². The van der Waals surface area contributed by atoms with Crippen molar-refractivity contribution in [2.24, 2.45) is 33.0 Å². The second-order valence-electron chi connectivity index (χ2n) is 5.87. The fourth-order valence-corrected chi connectivity index (χ4v) is 2.21. The number of nitrogens with zero attached hydrogens (tertiary/aromatic N) is 2. The maximum Gasteiger partial charge on any atom is 0.184 e. The van der Waals surface area contributed by atoms with Crippen LogP contribution >= 0.6 is 24.4 Å². The van der Waals surface area contributed by atoms with Gasteiger partial charge in [0.15, 0.2) is 10.2 Å². The molecule has 1 fully saturated rings. The van der Waals surface area contributed by atoms with Gasteiger partial charge in [0, 0.05) is 0 Å². The van der Waals surface area contributed by atoms with Crippen LogP contribution in [0.25, 0.3) is 0 Å². The quantitative estimate of drug-likeness (QED) is 0.451. The molecule has 1 unspecified atom stereocenters. The second-order valence-corrected chi connectivity index (χ2v) is 6.75. The summed E-state index contributed by atoms with van der Waals surface area (Å²) >= 11 is 9.53. The Kier molecular flexibility index (Phi) is 5.82. The Morgan fingerprint density at radius 3 is 2.05 bits per heavy atom. The third kappa shape index (κ3) is 5.38. The molecule has 1 rings (SSSR count). The highest BCUT2D eigenvalue weighted by molar-refractivity contribution is 7.80. The summed E-state index contributed by atoms with van der Waals surface area (Å²) in [5.74, 6) is 0.526. The van der Waals surface area contributed by atoms with Gasteiger partial charge >= 0.3 is 0 Å². The minimum absolute atomic E-state index is 0.136. The van der Waals surface area contributed by atoms with Crippen molar-refractivity contribution in [1.29, 1.82) is 0 Å². The molecular weight excluding hydrogens is 292 g/mol. The summed E-state index contributed by atoms with van der Waals surface area (Å²) in [5.41, 5.74) is 17.9. The Morgan fingerprint density at radius 2 is 1.60 bits per heavy atom. The molecule has 0 radical (unpaired) electrons. The number of nitrogens with one attached hydrogen (secondary N) is 2. The van der Waals surface area contributed by atoms with E-state index in [-0.39, 0.29) is 15.6 Å². The van der Waals surface area contributed by atoms with Crippen LogP contribution in [0.15, 0.2) is 10.2 Å². The molecule has 0 aromatic carbocycles. The highest BCUT2D eigenvalue weighted by Crippen LogP contribution is 2.36. The minimum atomic E-state index is 0.136. The summed E-state index contributed by atoms with van der Waals surface area (Å²) in [6.45, 7) is 6.68. The zero-order valence-corrected chi connectivity index (χ0v) is 13.7. The van der Waals surface area contributed by atoms with Gasteiger partial charge in [-0.05, 0) is 55.0 Å². The normalized spacial score (nSPS) is 23.6. The van der Waals surface area contributed by atoms with Gasteiger partial charge in [0.2, 0.25) is 0 Å². The van der Waals surface area contributed by atoms with E-state index in [9.17, 15) is 0 Å². The van der Waals surface area contributed by atoms with Gasteiger partial charge in [-0.15, -0.1) is 0 Å². The summed E-state index contributed by atoms with van der Waals surface area (Å²) in [7, 11) is 0. The topological polar surface area (TPSA) is 101 Å². The first kappa shape index (κ1) is 16.8. The van der Waals surface area contributed by atoms with Gasteiger partial charge in [-0.3, -0.25) is 10.9 Å². The third-order valence-corrected chi connectivity index (χ3v) is 3.51. The zero-order chi connectivity index (χ0) is 15.3. The van der Waals surface area contributed by atoms with Crippen molar-refractivity contribution in [3.8, 4) is 0 Å². The average molecular weight is 314 g/mol. The molecule has 6 N–H and O–H groups in total. The minimum Gasteiger partial charge on any atom is -0.375 e. The fraction of sp³-hybridized carbons (Fsp3) is 0.667. The van der Waals surface area contributed by atoms with Gasteiger partial charge < -0.3 is 11.5 Å². The van der Waals surface area contributed by atoms with E-state index in [4.69, 9.17) is 35.9 Å². The molecule has 0 aromatic rings. The second kappa shape index (κ2) is 6.94. The van der Waals surface area contributed by atoms with E-state index in [1.165, 1.54) is 0 Å². The molecule has 112 valence electrons. The first-order valence-electron chi connectivity index (χ1n) is 6.44. The molecule has 1 atom stereocenters. The van der Waals surface area contributed by atoms with E-state index in [0.29, 0.717) is 5.92 Å². The smallest absolute Gasteiger partial charge is 0.184 e. The van der Waals surface area contributed by atoms with Crippen LogP contribution in [0.3, 0.4) is 0 Å². The molecule has 8 heteroatoms. The molecule has 20 heavy (non-hydrogen) atoms. The molecular formula is C12H22N6S2. The van der Waals surface area contributed by atoms with Crippen LogP contribution in [0.4, 0.5) is 0 Å².